The maximum atomic E-state index is 11.4. The quantitative estimate of drug-likeness (QED) is 0.481. The highest BCUT2D eigenvalue weighted by molar-refractivity contribution is 5.81. The third-order valence-corrected chi connectivity index (χ3v) is 3.42. The van der Waals surface area contributed by atoms with E-state index in [4.69, 9.17) is 15.2 Å². The van der Waals surface area contributed by atoms with Gasteiger partial charge in [-0.05, 0) is 0 Å². The number of rotatable bonds is 8. The Balaban J connectivity index is 2.39. The van der Waals surface area contributed by atoms with Crippen LogP contribution in [-0.4, -0.2) is 75.3 Å². The van der Waals surface area contributed by atoms with Crippen molar-refractivity contribution >= 4 is 23.0 Å². The number of aliphatic hydroxyl groups excluding tert-OH is 2. The number of ether oxygens (including phenoxy) is 3. The molecule has 0 fully saturated rings. The molecule has 0 bridgehead atoms. The molecule has 0 saturated heterocycles. The number of fused-ring (bicyclic) bond motifs is 1. The van der Waals surface area contributed by atoms with E-state index < -0.39 is 37.6 Å². The molecular weight excluding hydrogens is 322 g/mol. The van der Waals surface area contributed by atoms with Crippen molar-refractivity contribution in [1.29, 1.82) is 0 Å². The summed E-state index contributed by atoms with van der Waals surface area (Å²) in [5, 5.41) is 19.8. The lowest BCUT2D eigenvalue weighted by Crippen LogP contribution is -2.40. The van der Waals surface area contributed by atoms with Gasteiger partial charge in [-0.1, -0.05) is 0 Å². The van der Waals surface area contributed by atoms with E-state index in [0.29, 0.717) is 11.2 Å². The van der Waals surface area contributed by atoms with Crippen LogP contribution in [0.1, 0.15) is 6.23 Å². The van der Waals surface area contributed by atoms with Crippen molar-refractivity contribution in [3.05, 3.63) is 12.7 Å². The molecule has 2 aromatic heterocycles. The average Bonchev–Trinajstić information content (AvgIpc) is 3.01. The van der Waals surface area contributed by atoms with Gasteiger partial charge in [0.05, 0.1) is 20.0 Å². The first kappa shape index (κ1) is 18.0. The number of imidazole rings is 1. The summed E-state index contributed by atoms with van der Waals surface area (Å²) in [6.45, 7) is -0.889. The van der Waals surface area contributed by atoms with E-state index in [-0.39, 0.29) is 5.82 Å². The lowest BCUT2D eigenvalue weighted by molar-refractivity contribution is -0.165. The van der Waals surface area contributed by atoms with Gasteiger partial charge in [0, 0.05) is 7.11 Å². The monoisotopic (exact) mass is 341 g/mol. The number of carbonyl (C=O) groups is 1. The van der Waals surface area contributed by atoms with Crippen molar-refractivity contribution in [3.8, 4) is 0 Å². The molecule has 0 spiro atoms. The Morgan fingerprint density at radius 3 is 2.75 bits per heavy atom. The van der Waals surface area contributed by atoms with E-state index in [2.05, 4.69) is 19.7 Å². The van der Waals surface area contributed by atoms with Gasteiger partial charge >= 0.3 is 5.97 Å². The summed E-state index contributed by atoms with van der Waals surface area (Å²) in [6.07, 6.45) is -0.826. The largest absolute Gasteiger partial charge is 0.467 e. The topological polar surface area (TPSA) is 155 Å². The number of hydrogen-bond donors (Lipinski definition) is 3. The van der Waals surface area contributed by atoms with Crippen LogP contribution in [-0.2, 0) is 19.0 Å². The number of anilines is 1. The Morgan fingerprint density at radius 2 is 2.12 bits per heavy atom. The van der Waals surface area contributed by atoms with E-state index in [1.165, 1.54) is 31.4 Å². The zero-order valence-electron chi connectivity index (χ0n) is 13.2. The number of aromatic nitrogens is 4. The molecule has 11 nitrogen and oxygen atoms in total. The molecule has 0 aliphatic carbocycles. The predicted molar refractivity (Wildman–Crippen MR) is 80.6 cm³/mol. The number of nitrogens with zero attached hydrogens (tertiary/aromatic N) is 4. The molecule has 3 atom stereocenters. The van der Waals surface area contributed by atoms with Crippen LogP contribution in [0.5, 0.6) is 0 Å². The minimum Gasteiger partial charge on any atom is -0.467 e. The minimum absolute atomic E-state index is 0.158. The number of hydrogen-bond acceptors (Lipinski definition) is 10. The van der Waals surface area contributed by atoms with Gasteiger partial charge in [0.1, 0.15) is 30.7 Å². The number of aliphatic hydroxyl groups is 2. The van der Waals surface area contributed by atoms with Crippen molar-refractivity contribution < 1.29 is 29.2 Å². The normalized spacial score (nSPS) is 15.2. The van der Waals surface area contributed by atoms with Crippen LogP contribution >= 0.6 is 0 Å². The van der Waals surface area contributed by atoms with Gasteiger partial charge < -0.3 is 30.2 Å². The summed E-state index contributed by atoms with van der Waals surface area (Å²) >= 11 is 0. The lowest BCUT2D eigenvalue weighted by atomic mass is 10.2. The van der Waals surface area contributed by atoms with Gasteiger partial charge in [-0.15, -0.1) is 0 Å². The standard InChI is InChI=1S/C13H19N5O6/c1-22-7(3-19)10(21)13(24-4-8(20)23-2)18-6-17-9-11(14)15-5-16-12(9)18/h5-7,10,13,19,21H,3-4H2,1-2H3,(H2,14,15,16)/t7-,10-,13-/m1/s1. The molecule has 0 unspecified atom stereocenters. The molecule has 0 aliphatic heterocycles. The molecule has 0 saturated carbocycles. The van der Waals surface area contributed by atoms with Gasteiger partial charge in [0.2, 0.25) is 0 Å². The summed E-state index contributed by atoms with van der Waals surface area (Å²) in [6, 6.07) is 0. The minimum atomic E-state index is -1.32. The second-order valence-electron chi connectivity index (χ2n) is 4.81. The van der Waals surface area contributed by atoms with Crippen LogP contribution in [0, 0.1) is 0 Å². The Bertz CT molecular complexity index is 689. The number of carbonyl (C=O) groups excluding carboxylic acids is 1. The van der Waals surface area contributed by atoms with Crippen LogP contribution in [0.15, 0.2) is 12.7 Å². The first-order valence-electron chi connectivity index (χ1n) is 6.96. The van der Waals surface area contributed by atoms with Crippen molar-refractivity contribution in [3.63, 3.8) is 0 Å². The maximum Gasteiger partial charge on any atom is 0.331 e. The van der Waals surface area contributed by atoms with Crippen LogP contribution in [0.4, 0.5) is 5.82 Å². The van der Waals surface area contributed by atoms with Gasteiger partial charge in [-0.25, -0.2) is 19.7 Å². The van der Waals surface area contributed by atoms with Crippen LogP contribution in [0.2, 0.25) is 0 Å². The summed E-state index contributed by atoms with van der Waals surface area (Å²) in [5.74, 6) is -0.478. The van der Waals surface area contributed by atoms with E-state index in [1.807, 2.05) is 0 Å². The van der Waals surface area contributed by atoms with Crippen molar-refractivity contribution in [2.45, 2.75) is 18.4 Å². The van der Waals surface area contributed by atoms with Crippen LogP contribution in [0.3, 0.4) is 0 Å². The van der Waals surface area contributed by atoms with Crippen LogP contribution in [0.25, 0.3) is 11.2 Å². The van der Waals surface area contributed by atoms with E-state index in [9.17, 15) is 15.0 Å². The number of nitrogen functional groups attached to an aromatic ring is 1. The molecule has 4 N–H and O–H groups in total. The number of nitrogens with two attached hydrogens (primary N) is 1. The van der Waals surface area contributed by atoms with Gasteiger partial charge in [-0.3, -0.25) is 4.57 Å². The molecule has 24 heavy (non-hydrogen) atoms. The SMILES string of the molecule is COC(=O)CO[C@H]([C@H](O)[C@@H](CO)OC)n1cnc2c(N)ncnc21. The number of esters is 1. The third-order valence-electron chi connectivity index (χ3n) is 3.42. The second kappa shape index (κ2) is 7.97. The van der Waals surface area contributed by atoms with Crippen molar-refractivity contribution in [2.75, 3.05) is 33.2 Å². The Labute approximate surface area is 137 Å². The third kappa shape index (κ3) is 3.59. The fourth-order valence-electron chi connectivity index (χ4n) is 2.12. The zero-order chi connectivity index (χ0) is 17.7. The van der Waals surface area contributed by atoms with Crippen molar-refractivity contribution in [1.82, 2.24) is 19.5 Å². The highest BCUT2D eigenvalue weighted by Crippen LogP contribution is 2.24. The summed E-state index contributed by atoms with van der Waals surface area (Å²) in [7, 11) is 2.54. The highest BCUT2D eigenvalue weighted by atomic mass is 16.6. The van der Waals surface area contributed by atoms with E-state index in [1.54, 1.807) is 0 Å². The van der Waals surface area contributed by atoms with Crippen LogP contribution < -0.4 is 5.73 Å². The van der Waals surface area contributed by atoms with Gasteiger partial charge in [-0.2, -0.15) is 0 Å². The molecule has 2 aromatic rings. The molecule has 11 heteroatoms. The summed E-state index contributed by atoms with van der Waals surface area (Å²) < 4.78 is 16.4. The molecule has 132 valence electrons. The molecular formula is C13H19N5O6. The Hall–Kier alpha value is -2.34. The summed E-state index contributed by atoms with van der Waals surface area (Å²) in [5.41, 5.74) is 6.34. The highest BCUT2D eigenvalue weighted by Gasteiger charge is 2.32. The predicted octanol–water partition coefficient (Wildman–Crippen LogP) is -1.54. The van der Waals surface area contributed by atoms with Crippen molar-refractivity contribution in [2.24, 2.45) is 0 Å². The molecule has 0 radical (unpaired) electrons. The molecule has 2 rings (SSSR count). The first-order valence-corrected chi connectivity index (χ1v) is 6.96. The maximum absolute atomic E-state index is 11.4. The Morgan fingerprint density at radius 1 is 1.38 bits per heavy atom. The van der Waals surface area contributed by atoms with Gasteiger partial charge in [0.25, 0.3) is 0 Å². The number of methoxy groups -OCH3 is 2. The zero-order valence-corrected chi connectivity index (χ0v) is 13.2. The first-order chi connectivity index (χ1) is 11.5. The summed E-state index contributed by atoms with van der Waals surface area (Å²) in [4.78, 5) is 23.3. The van der Waals surface area contributed by atoms with Gasteiger partial charge in [0.15, 0.2) is 17.7 Å². The Kier molecular flexibility index (Phi) is 5.98. The molecule has 0 amide bonds. The fourth-order valence-corrected chi connectivity index (χ4v) is 2.12. The van der Waals surface area contributed by atoms with E-state index in [0.717, 1.165) is 0 Å². The second-order valence-corrected chi connectivity index (χ2v) is 4.81. The molecule has 0 aromatic carbocycles. The van der Waals surface area contributed by atoms with E-state index >= 15 is 0 Å². The molecule has 0 aliphatic rings. The smallest absolute Gasteiger partial charge is 0.331 e. The molecule has 2 heterocycles. The fraction of sp³-hybridized carbons (Fsp3) is 0.538. The lowest BCUT2D eigenvalue weighted by Gasteiger charge is -2.28. The average molecular weight is 341 g/mol.